The molecule has 0 aromatic heterocycles. The summed E-state index contributed by atoms with van der Waals surface area (Å²) in [7, 11) is -0.808. The third-order valence-electron chi connectivity index (χ3n) is 6.50. The van der Waals surface area contributed by atoms with Crippen LogP contribution >= 0.6 is 0 Å². The van der Waals surface area contributed by atoms with E-state index in [1.165, 1.54) is 7.11 Å². The number of hydroxylamine groups is 2. The van der Waals surface area contributed by atoms with Crippen LogP contribution in [0.3, 0.4) is 0 Å². The van der Waals surface area contributed by atoms with E-state index in [4.69, 9.17) is 14.0 Å². The molecular formula is C25H35NO4Si. The van der Waals surface area contributed by atoms with Gasteiger partial charge in [0.2, 0.25) is 5.60 Å². The molecule has 1 saturated heterocycles. The molecule has 1 aliphatic rings. The van der Waals surface area contributed by atoms with Crippen molar-refractivity contribution in [3.05, 3.63) is 71.8 Å². The van der Waals surface area contributed by atoms with Crippen molar-refractivity contribution in [1.82, 2.24) is 5.06 Å². The van der Waals surface area contributed by atoms with Crippen molar-refractivity contribution in [2.24, 2.45) is 0 Å². The zero-order chi connectivity index (χ0) is 22.7. The molecule has 0 amide bonds. The van der Waals surface area contributed by atoms with Crippen molar-refractivity contribution in [2.75, 3.05) is 13.7 Å². The third kappa shape index (κ3) is 5.09. The number of hydrogen-bond donors (Lipinski definition) is 0. The van der Waals surface area contributed by atoms with Gasteiger partial charge in [-0.25, -0.2) is 4.79 Å². The molecule has 168 valence electrons. The number of ether oxygens (including phenoxy) is 1. The molecule has 0 unspecified atom stereocenters. The Bertz CT molecular complexity index is 866. The molecule has 1 heterocycles. The summed E-state index contributed by atoms with van der Waals surface area (Å²) in [6.07, 6.45) is -0.0523. The van der Waals surface area contributed by atoms with Crippen LogP contribution in [0.15, 0.2) is 60.7 Å². The minimum atomic E-state index is -2.23. The molecule has 31 heavy (non-hydrogen) atoms. The van der Waals surface area contributed by atoms with Gasteiger partial charge in [0.15, 0.2) is 8.32 Å². The Morgan fingerprint density at radius 1 is 1.10 bits per heavy atom. The zero-order valence-corrected chi connectivity index (χ0v) is 20.6. The first-order valence-corrected chi connectivity index (χ1v) is 13.8. The summed E-state index contributed by atoms with van der Waals surface area (Å²) in [4.78, 5) is 19.7. The predicted octanol–water partition coefficient (Wildman–Crippen LogP) is 5.50. The van der Waals surface area contributed by atoms with E-state index in [9.17, 15) is 4.79 Å². The maximum Gasteiger partial charge on any atom is 0.343 e. The van der Waals surface area contributed by atoms with Gasteiger partial charge in [0.05, 0.1) is 7.11 Å². The summed E-state index contributed by atoms with van der Waals surface area (Å²) < 4.78 is 12.2. The molecular weight excluding hydrogens is 406 g/mol. The van der Waals surface area contributed by atoms with Crippen LogP contribution in [0, 0.1) is 0 Å². The highest BCUT2D eigenvalue weighted by Crippen LogP contribution is 2.47. The van der Waals surface area contributed by atoms with E-state index < -0.39 is 26.0 Å². The van der Waals surface area contributed by atoms with Crippen LogP contribution in [-0.4, -0.2) is 38.6 Å². The average Bonchev–Trinajstić information content (AvgIpc) is 3.16. The van der Waals surface area contributed by atoms with Gasteiger partial charge in [-0.2, -0.15) is 5.06 Å². The Labute approximate surface area is 187 Å². The van der Waals surface area contributed by atoms with E-state index in [1.807, 2.05) is 53.6 Å². The van der Waals surface area contributed by atoms with Crippen molar-refractivity contribution < 1.29 is 18.8 Å². The SMILES string of the molecule is COC(=O)[C@]1([C@H](O[Si](C)(C)C(C)(C)C)c2ccccc2)CCN(Cc2ccccc2)O1. The fourth-order valence-electron chi connectivity index (χ4n) is 3.64. The molecule has 2 aromatic rings. The zero-order valence-electron chi connectivity index (χ0n) is 19.6. The second-order valence-corrected chi connectivity index (χ2v) is 14.5. The number of nitrogens with zero attached hydrogens (tertiary/aromatic N) is 1. The van der Waals surface area contributed by atoms with Crippen molar-refractivity contribution in [2.45, 2.75) is 63.6 Å². The molecule has 1 fully saturated rings. The summed E-state index contributed by atoms with van der Waals surface area (Å²) in [5, 5.41) is 1.84. The van der Waals surface area contributed by atoms with Crippen molar-refractivity contribution >= 4 is 14.3 Å². The fraction of sp³-hybridized carbons (Fsp3) is 0.480. The topological polar surface area (TPSA) is 48.0 Å². The maximum absolute atomic E-state index is 13.2. The Hall–Kier alpha value is -1.99. The van der Waals surface area contributed by atoms with Crippen LogP contribution in [0.25, 0.3) is 0 Å². The van der Waals surface area contributed by atoms with E-state index in [2.05, 4.69) is 46.0 Å². The van der Waals surface area contributed by atoms with Gasteiger partial charge >= 0.3 is 5.97 Å². The van der Waals surface area contributed by atoms with Gasteiger partial charge in [0, 0.05) is 19.5 Å². The van der Waals surface area contributed by atoms with Gasteiger partial charge < -0.3 is 9.16 Å². The van der Waals surface area contributed by atoms with Gasteiger partial charge in [-0.1, -0.05) is 81.4 Å². The van der Waals surface area contributed by atoms with Gasteiger partial charge in [-0.3, -0.25) is 4.84 Å². The van der Waals surface area contributed by atoms with E-state index in [0.29, 0.717) is 19.5 Å². The Morgan fingerprint density at radius 3 is 2.23 bits per heavy atom. The lowest BCUT2D eigenvalue weighted by Gasteiger charge is -2.43. The normalized spacial score (nSPS) is 21.1. The number of esters is 1. The molecule has 0 bridgehead atoms. The standard InChI is InChI=1S/C25H35NO4Si/c1-24(2,3)31(5,6)29-22(21-15-11-8-12-16-21)25(23(27)28-4)17-18-26(30-25)19-20-13-9-7-10-14-20/h7-16,22H,17-19H2,1-6H3/t22-,25-/m1/s1. The van der Waals surface area contributed by atoms with Crippen LogP contribution in [0.5, 0.6) is 0 Å². The summed E-state index contributed by atoms with van der Waals surface area (Å²) in [5.41, 5.74) is 0.837. The second-order valence-electron chi connectivity index (χ2n) is 9.74. The first kappa shape index (κ1) is 23.7. The van der Waals surface area contributed by atoms with Gasteiger partial charge in [-0.15, -0.1) is 0 Å². The van der Waals surface area contributed by atoms with Gasteiger partial charge in [0.25, 0.3) is 0 Å². The van der Waals surface area contributed by atoms with Crippen molar-refractivity contribution in [3.8, 4) is 0 Å². The van der Waals surface area contributed by atoms with Gasteiger partial charge in [-0.05, 0) is 29.3 Å². The molecule has 0 saturated carbocycles. The molecule has 0 aliphatic carbocycles. The number of carbonyl (C=O) groups is 1. The summed E-state index contributed by atoms with van der Waals surface area (Å²) in [5.74, 6) is -0.393. The first-order valence-electron chi connectivity index (χ1n) is 10.9. The molecule has 5 nitrogen and oxygen atoms in total. The highest BCUT2D eigenvalue weighted by molar-refractivity contribution is 6.74. The van der Waals surface area contributed by atoms with E-state index in [0.717, 1.165) is 11.1 Å². The predicted molar refractivity (Wildman–Crippen MR) is 125 cm³/mol. The van der Waals surface area contributed by atoms with Crippen LogP contribution in [0.4, 0.5) is 0 Å². The number of carbonyl (C=O) groups excluding carboxylic acids is 1. The number of methoxy groups -OCH3 is 1. The number of hydrogen-bond acceptors (Lipinski definition) is 5. The first-order chi connectivity index (χ1) is 14.6. The lowest BCUT2D eigenvalue weighted by Crippen LogP contribution is -2.52. The number of benzene rings is 2. The maximum atomic E-state index is 13.2. The fourth-order valence-corrected chi connectivity index (χ4v) is 4.91. The van der Waals surface area contributed by atoms with Crippen LogP contribution in [0.2, 0.25) is 18.1 Å². The molecule has 2 atom stereocenters. The Kier molecular flexibility index (Phi) is 7.06. The smallest absolute Gasteiger partial charge is 0.343 e. The van der Waals surface area contributed by atoms with E-state index in [1.54, 1.807) is 0 Å². The summed E-state index contributed by atoms with van der Waals surface area (Å²) in [6, 6.07) is 20.0. The molecule has 2 aromatic carbocycles. The summed E-state index contributed by atoms with van der Waals surface area (Å²) >= 11 is 0. The van der Waals surface area contributed by atoms with E-state index in [-0.39, 0.29) is 5.04 Å². The molecule has 6 heteroatoms. The quantitative estimate of drug-likeness (QED) is 0.419. The third-order valence-corrected chi connectivity index (χ3v) is 10.9. The lowest BCUT2D eigenvalue weighted by molar-refractivity contribution is -0.238. The average molecular weight is 442 g/mol. The molecule has 0 spiro atoms. The van der Waals surface area contributed by atoms with Gasteiger partial charge in [0.1, 0.15) is 6.10 Å². The Balaban J connectivity index is 1.99. The highest BCUT2D eigenvalue weighted by atomic mass is 28.4. The van der Waals surface area contributed by atoms with E-state index >= 15 is 0 Å². The van der Waals surface area contributed by atoms with Crippen molar-refractivity contribution in [3.63, 3.8) is 0 Å². The monoisotopic (exact) mass is 441 g/mol. The molecule has 0 radical (unpaired) electrons. The highest BCUT2D eigenvalue weighted by Gasteiger charge is 2.57. The second kappa shape index (κ2) is 9.24. The lowest BCUT2D eigenvalue weighted by atomic mass is 9.88. The molecule has 3 rings (SSSR count). The van der Waals surface area contributed by atoms with Crippen LogP contribution in [0.1, 0.15) is 44.4 Å². The van der Waals surface area contributed by atoms with Crippen molar-refractivity contribution in [1.29, 1.82) is 0 Å². The molecule has 0 N–H and O–H groups in total. The Morgan fingerprint density at radius 2 is 1.68 bits per heavy atom. The summed E-state index contributed by atoms with van der Waals surface area (Å²) in [6.45, 7) is 12.2. The van der Waals surface area contributed by atoms with Crippen LogP contribution < -0.4 is 0 Å². The minimum absolute atomic E-state index is 0.0142. The minimum Gasteiger partial charge on any atom is -0.467 e. The molecule has 1 aliphatic heterocycles. The number of rotatable bonds is 7. The largest absolute Gasteiger partial charge is 0.467 e. The van der Waals surface area contributed by atoms with Crippen LogP contribution in [-0.2, 0) is 25.3 Å².